The minimum Gasteiger partial charge on any atom is -0.368 e. The van der Waals surface area contributed by atoms with Gasteiger partial charge < -0.3 is 9.80 Å². The molecule has 0 bridgehead atoms. The van der Waals surface area contributed by atoms with E-state index < -0.39 is 0 Å². The Morgan fingerprint density at radius 1 is 0.821 bits per heavy atom. The second kappa shape index (κ2) is 7.75. The Kier molecular flexibility index (Phi) is 5.01. The molecule has 0 radical (unpaired) electrons. The van der Waals surface area contributed by atoms with Crippen LogP contribution in [0.25, 0.3) is 0 Å². The molecule has 1 aliphatic rings. The molecule has 0 aliphatic carbocycles. The monoisotopic (exact) mass is 383 g/mol. The molecule has 28 heavy (non-hydrogen) atoms. The van der Waals surface area contributed by atoms with Gasteiger partial charge in [-0.05, 0) is 42.0 Å². The van der Waals surface area contributed by atoms with Crippen LogP contribution < -0.4 is 15.4 Å². The predicted molar refractivity (Wildman–Crippen MR) is 103 cm³/mol. The van der Waals surface area contributed by atoms with Gasteiger partial charge in [0.2, 0.25) is 5.95 Å². The molecule has 0 amide bonds. The van der Waals surface area contributed by atoms with Gasteiger partial charge in [-0.3, -0.25) is 9.78 Å². The van der Waals surface area contributed by atoms with Crippen LogP contribution >= 0.6 is 0 Å². The van der Waals surface area contributed by atoms with Gasteiger partial charge in [0.25, 0.3) is 5.56 Å². The van der Waals surface area contributed by atoms with Crippen molar-refractivity contribution in [2.75, 3.05) is 36.0 Å². The van der Waals surface area contributed by atoms with E-state index in [-0.39, 0.29) is 17.2 Å². The SMILES string of the molecule is O=c1[nH]c(N2CCN(c3ccc(F)cc3)CC2)nnc1Cc1ccc(F)cc1. The Balaban J connectivity index is 1.41. The molecular formula is C20H19F2N5O. The zero-order valence-electron chi connectivity index (χ0n) is 15.1. The van der Waals surface area contributed by atoms with Gasteiger partial charge in [-0.2, -0.15) is 0 Å². The lowest BCUT2D eigenvalue weighted by atomic mass is 10.1. The number of piperazine rings is 1. The van der Waals surface area contributed by atoms with E-state index in [1.807, 2.05) is 4.90 Å². The summed E-state index contributed by atoms with van der Waals surface area (Å²) < 4.78 is 26.1. The maximum Gasteiger partial charge on any atom is 0.274 e. The first kappa shape index (κ1) is 18.1. The summed E-state index contributed by atoms with van der Waals surface area (Å²) in [5.74, 6) is -0.138. The Labute approximate surface area is 160 Å². The third-order valence-electron chi connectivity index (χ3n) is 4.81. The first-order chi connectivity index (χ1) is 13.6. The molecule has 1 aliphatic heterocycles. The fraction of sp³-hybridized carbons (Fsp3) is 0.250. The number of H-pyrrole nitrogens is 1. The van der Waals surface area contributed by atoms with Crippen LogP contribution in [0.2, 0.25) is 0 Å². The van der Waals surface area contributed by atoms with Crippen LogP contribution in [0.1, 0.15) is 11.3 Å². The molecule has 1 N–H and O–H groups in total. The van der Waals surface area contributed by atoms with Gasteiger partial charge in [-0.25, -0.2) is 8.78 Å². The molecule has 0 atom stereocenters. The highest BCUT2D eigenvalue weighted by Crippen LogP contribution is 2.18. The van der Waals surface area contributed by atoms with Crippen LogP contribution in [0, 0.1) is 11.6 Å². The van der Waals surface area contributed by atoms with Crippen molar-refractivity contribution in [1.82, 2.24) is 15.2 Å². The summed E-state index contributed by atoms with van der Waals surface area (Å²) in [5, 5.41) is 8.24. The quantitative estimate of drug-likeness (QED) is 0.749. The predicted octanol–water partition coefficient (Wildman–Crippen LogP) is 2.36. The third-order valence-corrected chi connectivity index (χ3v) is 4.81. The third kappa shape index (κ3) is 4.00. The molecular weight excluding hydrogens is 364 g/mol. The topological polar surface area (TPSA) is 65.1 Å². The van der Waals surface area contributed by atoms with Crippen LogP contribution in [-0.2, 0) is 6.42 Å². The smallest absolute Gasteiger partial charge is 0.274 e. The summed E-state index contributed by atoms with van der Waals surface area (Å²) in [6, 6.07) is 12.4. The highest BCUT2D eigenvalue weighted by Gasteiger charge is 2.20. The van der Waals surface area contributed by atoms with Crippen molar-refractivity contribution in [3.8, 4) is 0 Å². The van der Waals surface area contributed by atoms with Crippen molar-refractivity contribution >= 4 is 11.6 Å². The van der Waals surface area contributed by atoms with E-state index >= 15 is 0 Å². The molecule has 6 nitrogen and oxygen atoms in total. The normalized spacial score (nSPS) is 14.4. The molecule has 2 heterocycles. The lowest BCUT2D eigenvalue weighted by Crippen LogP contribution is -2.47. The molecule has 8 heteroatoms. The van der Waals surface area contributed by atoms with Crippen molar-refractivity contribution < 1.29 is 8.78 Å². The summed E-state index contributed by atoms with van der Waals surface area (Å²) in [6.45, 7) is 2.79. The highest BCUT2D eigenvalue weighted by atomic mass is 19.1. The van der Waals surface area contributed by atoms with Crippen molar-refractivity contribution in [3.63, 3.8) is 0 Å². The van der Waals surface area contributed by atoms with Crippen LogP contribution in [0.15, 0.2) is 53.3 Å². The number of anilines is 2. The average molecular weight is 383 g/mol. The number of hydrogen-bond acceptors (Lipinski definition) is 5. The Morgan fingerprint density at radius 3 is 2.00 bits per heavy atom. The summed E-state index contributed by atoms with van der Waals surface area (Å²) in [4.78, 5) is 19.3. The molecule has 0 spiro atoms. The number of nitrogens with zero attached hydrogens (tertiary/aromatic N) is 4. The number of hydrogen-bond donors (Lipinski definition) is 1. The van der Waals surface area contributed by atoms with E-state index in [2.05, 4.69) is 20.1 Å². The van der Waals surface area contributed by atoms with Crippen LogP contribution in [0.5, 0.6) is 0 Å². The maximum atomic E-state index is 13.1. The number of halogens is 2. The summed E-state index contributed by atoms with van der Waals surface area (Å²) >= 11 is 0. The van der Waals surface area contributed by atoms with Crippen molar-refractivity contribution in [2.24, 2.45) is 0 Å². The molecule has 2 aromatic carbocycles. The van der Waals surface area contributed by atoms with Crippen LogP contribution in [0.4, 0.5) is 20.4 Å². The summed E-state index contributed by atoms with van der Waals surface area (Å²) in [6.07, 6.45) is 0.293. The maximum absolute atomic E-state index is 13.1. The number of aromatic amines is 1. The van der Waals surface area contributed by atoms with Gasteiger partial charge in [0, 0.05) is 38.3 Å². The largest absolute Gasteiger partial charge is 0.368 e. The summed E-state index contributed by atoms with van der Waals surface area (Å²) in [7, 11) is 0. The minimum atomic E-state index is -0.320. The molecule has 3 aromatic rings. The minimum absolute atomic E-state index is 0.254. The highest BCUT2D eigenvalue weighted by molar-refractivity contribution is 5.48. The van der Waals surface area contributed by atoms with E-state index in [1.165, 1.54) is 24.3 Å². The van der Waals surface area contributed by atoms with Crippen LogP contribution in [0.3, 0.4) is 0 Å². The average Bonchev–Trinajstić information content (AvgIpc) is 2.72. The molecule has 1 fully saturated rings. The van der Waals surface area contributed by atoms with Crippen LogP contribution in [-0.4, -0.2) is 41.4 Å². The fourth-order valence-electron chi connectivity index (χ4n) is 3.23. The van der Waals surface area contributed by atoms with Gasteiger partial charge in [-0.15, -0.1) is 10.2 Å². The molecule has 0 unspecified atom stereocenters. The first-order valence-corrected chi connectivity index (χ1v) is 9.04. The zero-order valence-corrected chi connectivity index (χ0v) is 15.1. The molecule has 1 aromatic heterocycles. The van der Waals surface area contributed by atoms with E-state index in [4.69, 9.17) is 0 Å². The number of benzene rings is 2. The Hall–Kier alpha value is -3.29. The molecule has 4 rings (SSSR count). The van der Waals surface area contributed by atoms with Gasteiger partial charge >= 0.3 is 0 Å². The molecule has 144 valence electrons. The first-order valence-electron chi connectivity index (χ1n) is 9.04. The lowest BCUT2D eigenvalue weighted by Gasteiger charge is -2.36. The second-order valence-electron chi connectivity index (χ2n) is 6.68. The van der Waals surface area contributed by atoms with Crippen molar-refractivity contribution in [2.45, 2.75) is 6.42 Å². The second-order valence-corrected chi connectivity index (χ2v) is 6.68. The Bertz CT molecular complexity index is 996. The number of aromatic nitrogens is 3. The van der Waals surface area contributed by atoms with Gasteiger partial charge in [0.1, 0.15) is 17.3 Å². The van der Waals surface area contributed by atoms with Gasteiger partial charge in [0.15, 0.2) is 0 Å². The summed E-state index contributed by atoms with van der Waals surface area (Å²) in [5.41, 5.74) is 1.76. The fourth-order valence-corrected chi connectivity index (χ4v) is 3.23. The Morgan fingerprint density at radius 2 is 1.39 bits per heavy atom. The van der Waals surface area contributed by atoms with E-state index in [1.54, 1.807) is 24.3 Å². The van der Waals surface area contributed by atoms with Gasteiger partial charge in [-0.1, -0.05) is 12.1 Å². The van der Waals surface area contributed by atoms with E-state index in [9.17, 15) is 13.6 Å². The van der Waals surface area contributed by atoms with Crippen molar-refractivity contribution in [3.05, 3.63) is 81.8 Å². The van der Waals surface area contributed by atoms with Gasteiger partial charge in [0.05, 0.1) is 0 Å². The number of rotatable bonds is 4. The molecule has 0 saturated carbocycles. The lowest BCUT2D eigenvalue weighted by molar-refractivity contribution is 0.620. The standard InChI is InChI=1S/C20H19F2N5O/c21-15-3-1-14(2-4-15)13-18-19(28)23-20(25-24-18)27-11-9-26(10-12-27)17-7-5-16(22)6-8-17/h1-8H,9-13H2,(H,23,25,28). The van der Waals surface area contributed by atoms with E-state index in [0.717, 1.165) is 24.3 Å². The molecule has 1 saturated heterocycles. The zero-order chi connectivity index (χ0) is 19.5. The van der Waals surface area contributed by atoms with Crippen molar-refractivity contribution in [1.29, 1.82) is 0 Å². The number of nitrogens with one attached hydrogen (secondary N) is 1. The van der Waals surface area contributed by atoms with E-state index in [0.29, 0.717) is 31.2 Å².